The van der Waals surface area contributed by atoms with Crippen LogP contribution in [-0.2, 0) is 11.2 Å². The first-order valence-electron chi connectivity index (χ1n) is 12.5. The minimum Gasteiger partial charge on any atom is -0.322 e. The first-order valence-corrected chi connectivity index (χ1v) is 13.5. The molecule has 1 N–H and O–H groups in total. The molecule has 35 heavy (non-hydrogen) atoms. The summed E-state index contributed by atoms with van der Waals surface area (Å²) in [5.74, 6) is 0.423. The van der Waals surface area contributed by atoms with Crippen molar-refractivity contribution in [3.8, 4) is 0 Å². The lowest BCUT2D eigenvalue weighted by Crippen LogP contribution is -2.28. The van der Waals surface area contributed by atoms with Gasteiger partial charge in [0.25, 0.3) is 5.91 Å². The lowest BCUT2D eigenvalue weighted by molar-refractivity contribution is -0.115. The fourth-order valence-electron chi connectivity index (χ4n) is 4.38. The molecule has 0 radical (unpaired) electrons. The number of amides is 2. The zero-order valence-corrected chi connectivity index (χ0v) is 21.7. The molecule has 1 atom stereocenters. The van der Waals surface area contributed by atoms with Gasteiger partial charge in [0.2, 0.25) is 5.91 Å². The van der Waals surface area contributed by atoms with Crippen LogP contribution in [0.5, 0.6) is 0 Å². The second kappa shape index (κ2) is 11.6. The molecule has 1 unspecified atom stereocenters. The molecule has 5 heteroatoms. The summed E-state index contributed by atoms with van der Waals surface area (Å²) in [6.45, 7) is 6.36. The van der Waals surface area contributed by atoms with E-state index in [1.165, 1.54) is 42.4 Å². The van der Waals surface area contributed by atoms with Crippen LogP contribution in [0.1, 0.15) is 70.6 Å². The zero-order valence-electron chi connectivity index (χ0n) is 20.8. The third-order valence-corrected chi connectivity index (χ3v) is 7.81. The quantitative estimate of drug-likeness (QED) is 0.319. The molecule has 0 aromatic heterocycles. The summed E-state index contributed by atoms with van der Waals surface area (Å²) in [6, 6.07) is 21.9. The van der Waals surface area contributed by atoms with Crippen molar-refractivity contribution in [1.82, 2.24) is 0 Å². The van der Waals surface area contributed by atoms with Gasteiger partial charge in [0.1, 0.15) is 5.37 Å². The largest absolute Gasteiger partial charge is 0.322 e. The summed E-state index contributed by atoms with van der Waals surface area (Å²) < 4.78 is 0. The van der Waals surface area contributed by atoms with Crippen LogP contribution < -0.4 is 10.2 Å². The van der Waals surface area contributed by atoms with E-state index >= 15 is 0 Å². The lowest BCUT2D eigenvalue weighted by Gasteiger charge is -2.25. The number of hydrogen-bond donors (Lipinski definition) is 1. The number of rotatable bonds is 9. The van der Waals surface area contributed by atoms with Gasteiger partial charge < -0.3 is 5.32 Å². The number of carbonyl (C=O) groups excluding carboxylic acids is 2. The normalized spacial score (nSPS) is 15.5. The van der Waals surface area contributed by atoms with Gasteiger partial charge in [-0.1, -0.05) is 56.5 Å². The molecule has 0 spiro atoms. The van der Waals surface area contributed by atoms with Gasteiger partial charge in [-0.05, 0) is 85.3 Å². The molecule has 182 valence electrons. The second-order valence-electron chi connectivity index (χ2n) is 9.28. The van der Waals surface area contributed by atoms with Crippen molar-refractivity contribution in [1.29, 1.82) is 0 Å². The zero-order chi connectivity index (χ0) is 24.8. The number of aryl methyl sites for hydroxylation is 3. The van der Waals surface area contributed by atoms with Gasteiger partial charge in [-0.3, -0.25) is 14.5 Å². The Kier molecular flexibility index (Phi) is 8.29. The molecule has 1 aliphatic heterocycles. The Morgan fingerprint density at radius 1 is 0.971 bits per heavy atom. The smallest absolute Gasteiger partial charge is 0.255 e. The number of nitrogens with zero attached hydrogens (tertiary/aromatic N) is 1. The number of unbranched alkanes of at least 4 members (excludes halogenated alkanes) is 3. The summed E-state index contributed by atoms with van der Waals surface area (Å²) in [7, 11) is 0. The highest BCUT2D eigenvalue weighted by Gasteiger charge is 2.34. The summed E-state index contributed by atoms with van der Waals surface area (Å²) in [4.78, 5) is 27.5. The molecule has 2 amide bonds. The Labute approximate surface area is 213 Å². The monoisotopic (exact) mass is 486 g/mol. The van der Waals surface area contributed by atoms with Crippen molar-refractivity contribution in [3.05, 3.63) is 94.5 Å². The van der Waals surface area contributed by atoms with E-state index in [2.05, 4.69) is 50.4 Å². The molecular formula is C30H34N2O2S. The molecule has 0 aliphatic carbocycles. The SMILES string of the molecule is CCCCCCc1ccc(C(=O)Nc2cccc(C3SCC(=O)N3c3ccc(C)c(C)c3)c2)cc1. The van der Waals surface area contributed by atoms with E-state index in [9.17, 15) is 9.59 Å². The van der Waals surface area contributed by atoms with Crippen molar-refractivity contribution in [3.63, 3.8) is 0 Å². The standard InChI is InChI=1S/C30H34N2O2S/c1-4-5-6-7-9-23-13-15-24(16-14-23)29(34)31-26-11-8-10-25(19-26)30-32(28(33)20-35-30)27-17-12-21(2)22(3)18-27/h8,10-19,30H,4-7,9,20H2,1-3H3,(H,31,34). The molecular weight excluding hydrogens is 452 g/mol. The molecule has 4 nitrogen and oxygen atoms in total. The topological polar surface area (TPSA) is 49.4 Å². The molecule has 3 aromatic carbocycles. The van der Waals surface area contributed by atoms with Crippen LogP contribution in [0.3, 0.4) is 0 Å². The molecule has 1 heterocycles. The Hall–Kier alpha value is -3.05. The molecule has 0 bridgehead atoms. The molecule has 4 rings (SSSR count). The fraction of sp³-hybridized carbons (Fsp3) is 0.333. The number of carbonyl (C=O) groups is 2. The van der Waals surface area contributed by atoms with Crippen molar-refractivity contribution in [2.75, 3.05) is 16.0 Å². The predicted octanol–water partition coefficient (Wildman–Crippen LogP) is 7.46. The number of benzene rings is 3. The molecule has 1 fully saturated rings. The molecule has 0 saturated carbocycles. The fourth-order valence-corrected chi connectivity index (χ4v) is 5.54. The van der Waals surface area contributed by atoms with E-state index in [0.29, 0.717) is 11.3 Å². The highest BCUT2D eigenvalue weighted by molar-refractivity contribution is 8.00. The number of anilines is 2. The van der Waals surface area contributed by atoms with E-state index in [1.54, 1.807) is 11.8 Å². The predicted molar refractivity (Wildman–Crippen MR) is 147 cm³/mol. The van der Waals surface area contributed by atoms with E-state index < -0.39 is 0 Å². The summed E-state index contributed by atoms with van der Waals surface area (Å²) >= 11 is 1.62. The van der Waals surface area contributed by atoms with E-state index in [-0.39, 0.29) is 17.2 Å². The summed E-state index contributed by atoms with van der Waals surface area (Å²) in [6.07, 6.45) is 6.00. The van der Waals surface area contributed by atoms with Crippen LogP contribution >= 0.6 is 11.8 Å². The third-order valence-electron chi connectivity index (χ3n) is 6.60. The Bertz CT molecular complexity index is 1190. The Morgan fingerprint density at radius 3 is 2.51 bits per heavy atom. The molecule has 3 aromatic rings. The Balaban J connectivity index is 1.45. The first kappa shape index (κ1) is 25.1. The van der Waals surface area contributed by atoms with Gasteiger partial charge in [-0.2, -0.15) is 0 Å². The first-order chi connectivity index (χ1) is 17.0. The van der Waals surface area contributed by atoms with Crippen molar-refractivity contribution < 1.29 is 9.59 Å². The van der Waals surface area contributed by atoms with Crippen molar-refractivity contribution in [2.45, 2.75) is 58.2 Å². The van der Waals surface area contributed by atoms with Gasteiger partial charge in [0.15, 0.2) is 0 Å². The maximum atomic E-state index is 12.9. The number of thioether (sulfide) groups is 1. The van der Waals surface area contributed by atoms with Gasteiger partial charge in [0.05, 0.1) is 5.75 Å². The third kappa shape index (κ3) is 6.15. The highest BCUT2D eigenvalue weighted by atomic mass is 32.2. The van der Waals surface area contributed by atoms with Crippen LogP contribution in [0.4, 0.5) is 11.4 Å². The Morgan fingerprint density at radius 2 is 1.77 bits per heavy atom. The molecule has 1 saturated heterocycles. The minimum absolute atomic E-state index is 0.104. The maximum absolute atomic E-state index is 12.9. The van der Waals surface area contributed by atoms with Crippen molar-refractivity contribution in [2.24, 2.45) is 0 Å². The van der Waals surface area contributed by atoms with Gasteiger partial charge >= 0.3 is 0 Å². The average Bonchev–Trinajstić information content (AvgIpc) is 3.25. The average molecular weight is 487 g/mol. The molecule has 1 aliphatic rings. The minimum atomic E-state index is -0.124. The van der Waals surface area contributed by atoms with E-state index in [4.69, 9.17) is 0 Å². The van der Waals surface area contributed by atoms with Gasteiger partial charge in [-0.15, -0.1) is 11.8 Å². The second-order valence-corrected chi connectivity index (χ2v) is 10.4. The van der Waals surface area contributed by atoms with Gasteiger partial charge in [0, 0.05) is 16.9 Å². The van der Waals surface area contributed by atoms with Gasteiger partial charge in [-0.25, -0.2) is 0 Å². The highest BCUT2D eigenvalue weighted by Crippen LogP contribution is 2.42. The van der Waals surface area contributed by atoms with Crippen LogP contribution in [0.25, 0.3) is 0 Å². The summed E-state index contributed by atoms with van der Waals surface area (Å²) in [5.41, 5.74) is 6.94. The number of nitrogens with one attached hydrogen (secondary N) is 1. The van der Waals surface area contributed by atoms with E-state index in [0.717, 1.165) is 23.4 Å². The van der Waals surface area contributed by atoms with Crippen LogP contribution in [0, 0.1) is 13.8 Å². The maximum Gasteiger partial charge on any atom is 0.255 e. The lowest BCUT2D eigenvalue weighted by atomic mass is 10.0. The van der Waals surface area contributed by atoms with Crippen LogP contribution in [0.15, 0.2) is 66.7 Å². The summed E-state index contributed by atoms with van der Waals surface area (Å²) in [5, 5.41) is 2.92. The van der Waals surface area contributed by atoms with E-state index in [1.807, 2.05) is 47.4 Å². The number of hydrogen-bond acceptors (Lipinski definition) is 3. The van der Waals surface area contributed by atoms with Crippen LogP contribution in [-0.4, -0.2) is 17.6 Å². The van der Waals surface area contributed by atoms with Crippen LogP contribution in [0.2, 0.25) is 0 Å². The van der Waals surface area contributed by atoms with Crippen molar-refractivity contribution >= 4 is 35.0 Å².